The Morgan fingerprint density at radius 1 is 1.26 bits per heavy atom. The lowest BCUT2D eigenvalue weighted by molar-refractivity contribution is 0.130. The van der Waals surface area contributed by atoms with Crippen LogP contribution in [0, 0.1) is 5.82 Å². The van der Waals surface area contributed by atoms with E-state index in [1.165, 1.54) is 15.4 Å². The highest BCUT2D eigenvalue weighted by Crippen LogP contribution is 2.32. The summed E-state index contributed by atoms with van der Waals surface area (Å²) in [5.74, 6) is -0.274. The van der Waals surface area contributed by atoms with Crippen molar-refractivity contribution in [2.24, 2.45) is 0 Å². The molecule has 4 aromatic rings. The third-order valence-electron chi connectivity index (χ3n) is 4.01. The minimum absolute atomic E-state index is 0.0221. The SMILES string of the molecule is CNc1nc(N)nn2cc(F)c(-c3ccc4nnn(CCC(F)F)c4n3)c12. The molecule has 0 saturated heterocycles. The van der Waals surface area contributed by atoms with Gasteiger partial charge in [0.2, 0.25) is 12.4 Å². The molecule has 4 heterocycles. The van der Waals surface area contributed by atoms with Gasteiger partial charge in [-0.15, -0.1) is 10.2 Å². The molecule has 0 radical (unpaired) electrons. The fourth-order valence-corrected chi connectivity index (χ4v) is 2.85. The Morgan fingerprint density at radius 3 is 2.81 bits per heavy atom. The number of rotatable bonds is 5. The molecule has 0 fully saturated rings. The van der Waals surface area contributed by atoms with Crippen molar-refractivity contribution in [3.8, 4) is 11.3 Å². The second-order valence-corrected chi connectivity index (χ2v) is 5.75. The Bertz CT molecular complexity index is 1130. The van der Waals surface area contributed by atoms with Gasteiger partial charge in [0, 0.05) is 13.5 Å². The number of hydrogen-bond donors (Lipinski definition) is 2. The summed E-state index contributed by atoms with van der Waals surface area (Å²) in [7, 11) is 1.62. The van der Waals surface area contributed by atoms with Crippen LogP contribution in [0.4, 0.5) is 24.9 Å². The smallest absolute Gasteiger partial charge is 0.240 e. The first-order valence-electron chi connectivity index (χ1n) is 7.98. The highest BCUT2D eigenvalue weighted by atomic mass is 19.3. The highest BCUT2D eigenvalue weighted by molar-refractivity contribution is 5.89. The van der Waals surface area contributed by atoms with Gasteiger partial charge in [-0.05, 0) is 12.1 Å². The van der Waals surface area contributed by atoms with E-state index in [4.69, 9.17) is 5.73 Å². The van der Waals surface area contributed by atoms with E-state index in [0.717, 1.165) is 0 Å². The van der Waals surface area contributed by atoms with Gasteiger partial charge in [-0.3, -0.25) is 0 Å². The highest BCUT2D eigenvalue weighted by Gasteiger charge is 2.20. The van der Waals surface area contributed by atoms with Crippen LogP contribution in [-0.4, -0.2) is 48.0 Å². The van der Waals surface area contributed by atoms with Crippen LogP contribution in [0.5, 0.6) is 0 Å². The normalized spacial score (nSPS) is 11.7. The Morgan fingerprint density at radius 2 is 2.07 bits per heavy atom. The number of hydrogen-bond acceptors (Lipinski definition) is 7. The van der Waals surface area contributed by atoms with Crippen molar-refractivity contribution in [1.82, 2.24) is 34.6 Å². The minimum atomic E-state index is -2.47. The molecule has 0 unspecified atom stereocenters. The summed E-state index contributed by atoms with van der Waals surface area (Å²) in [5.41, 5.74) is 7.12. The van der Waals surface area contributed by atoms with Crippen molar-refractivity contribution < 1.29 is 13.2 Å². The summed E-state index contributed by atoms with van der Waals surface area (Å²) in [4.78, 5) is 8.45. The molecule has 0 aliphatic rings. The molecule has 0 atom stereocenters. The molecule has 4 rings (SSSR count). The number of nitrogens with two attached hydrogens (primary N) is 1. The van der Waals surface area contributed by atoms with Crippen LogP contribution in [0.3, 0.4) is 0 Å². The fourth-order valence-electron chi connectivity index (χ4n) is 2.85. The number of alkyl halides is 2. The number of anilines is 2. The second kappa shape index (κ2) is 6.37. The van der Waals surface area contributed by atoms with Gasteiger partial charge >= 0.3 is 0 Å². The van der Waals surface area contributed by atoms with E-state index in [1.54, 1.807) is 19.2 Å². The first-order valence-corrected chi connectivity index (χ1v) is 7.98. The Kier molecular flexibility index (Phi) is 4.01. The summed E-state index contributed by atoms with van der Waals surface area (Å²) < 4.78 is 42.2. The van der Waals surface area contributed by atoms with Crippen LogP contribution >= 0.6 is 0 Å². The molecular weight excluding hydrogens is 363 g/mol. The van der Waals surface area contributed by atoms with Gasteiger partial charge < -0.3 is 11.1 Å². The minimum Gasteiger partial charge on any atom is -0.371 e. The zero-order chi connectivity index (χ0) is 19.1. The topological polar surface area (TPSA) is 112 Å². The number of nitrogen functional groups attached to an aromatic ring is 1. The maximum absolute atomic E-state index is 14.7. The predicted molar refractivity (Wildman–Crippen MR) is 91.8 cm³/mol. The van der Waals surface area contributed by atoms with Crippen molar-refractivity contribution in [2.45, 2.75) is 19.4 Å². The van der Waals surface area contributed by atoms with Crippen LogP contribution in [0.2, 0.25) is 0 Å². The molecule has 140 valence electrons. The van der Waals surface area contributed by atoms with Crippen LogP contribution in [0.25, 0.3) is 27.9 Å². The summed E-state index contributed by atoms with van der Waals surface area (Å²) in [6.07, 6.45) is -1.69. The fraction of sp³-hybridized carbons (Fsp3) is 0.267. The molecule has 9 nitrogen and oxygen atoms in total. The maximum atomic E-state index is 14.7. The summed E-state index contributed by atoms with van der Waals surface area (Å²) in [6.45, 7) is -0.0506. The average Bonchev–Trinajstić information content (AvgIpc) is 3.18. The number of pyridine rings is 1. The third-order valence-corrected chi connectivity index (χ3v) is 4.01. The van der Waals surface area contributed by atoms with Gasteiger partial charge in [0.05, 0.1) is 24.0 Å². The van der Waals surface area contributed by atoms with Crippen molar-refractivity contribution in [2.75, 3.05) is 18.1 Å². The first kappa shape index (κ1) is 17.0. The monoisotopic (exact) mass is 377 g/mol. The number of halogens is 3. The summed E-state index contributed by atoms with van der Waals surface area (Å²) >= 11 is 0. The van der Waals surface area contributed by atoms with Gasteiger partial charge in [0.1, 0.15) is 11.0 Å². The second-order valence-electron chi connectivity index (χ2n) is 5.75. The van der Waals surface area contributed by atoms with Crippen LogP contribution in [0.1, 0.15) is 6.42 Å². The zero-order valence-electron chi connectivity index (χ0n) is 14.1. The Balaban J connectivity index is 1.89. The van der Waals surface area contributed by atoms with Crippen LogP contribution in [0.15, 0.2) is 18.3 Å². The molecular formula is C15H14F3N9. The molecule has 0 bridgehead atoms. The van der Waals surface area contributed by atoms with E-state index < -0.39 is 12.2 Å². The number of fused-ring (bicyclic) bond motifs is 2. The van der Waals surface area contributed by atoms with Crippen LogP contribution in [-0.2, 0) is 6.54 Å². The molecule has 12 heteroatoms. The Hall–Kier alpha value is -3.44. The van der Waals surface area contributed by atoms with E-state index in [1.807, 2.05) is 0 Å². The van der Waals surface area contributed by atoms with E-state index in [0.29, 0.717) is 16.9 Å². The van der Waals surface area contributed by atoms with Crippen molar-refractivity contribution in [3.05, 3.63) is 24.1 Å². The van der Waals surface area contributed by atoms with E-state index >= 15 is 0 Å². The van der Waals surface area contributed by atoms with Gasteiger partial charge in [0.25, 0.3) is 0 Å². The molecule has 0 aliphatic carbocycles. The van der Waals surface area contributed by atoms with Gasteiger partial charge in [0.15, 0.2) is 17.3 Å². The summed E-state index contributed by atoms with van der Waals surface area (Å²) in [6, 6.07) is 3.17. The number of aryl methyl sites for hydroxylation is 1. The predicted octanol–water partition coefficient (Wildman–Crippen LogP) is 1.95. The molecule has 0 spiro atoms. The summed E-state index contributed by atoms with van der Waals surface area (Å²) in [5, 5.41) is 14.6. The van der Waals surface area contributed by atoms with Crippen molar-refractivity contribution in [1.29, 1.82) is 0 Å². The molecule has 0 aromatic carbocycles. The number of nitrogens with one attached hydrogen (secondary N) is 1. The van der Waals surface area contributed by atoms with Crippen molar-refractivity contribution in [3.63, 3.8) is 0 Å². The quantitative estimate of drug-likeness (QED) is 0.547. The number of nitrogens with zero attached hydrogens (tertiary/aromatic N) is 7. The van der Waals surface area contributed by atoms with Crippen molar-refractivity contribution >= 4 is 28.4 Å². The first-order chi connectivity index (χ1) is 13.0. The average molecular weight is 377 g/mol. The maximum Gasteiger partial charge on any atom is 0.240 e. The lowest BCUT2D eigenvalue weighted by Crippen LogP contribution is -2.06. The zero-order valence-corrected chi connectivity index (χ0v) is 14.1. The molecule has 3 N–H and O–H groups in total. The van der Waals surface area contributed by atoms with Gasteiger partial charge in [-0.1, -0.05) is 5.21 Å². The van der Waals surface area contributed by atoms with Gasteiger partial charge in [-0.25, -0.2) is 27.4 Å². The molecule has 27 heavy (non-hydrogen) atoms. The van der Waals surface area contributed by atoms with Gasteiger partial charge in [-0.2, -0.15) is 4.98 Å². The Labute approximate surface area is 150 Å². The van der Waals surface area contributed by atoms with E-state index in [-0.39, 0.29) is 35.8 Å². The lowest BCUT2D eigenvalue weighted by Gasteiger charge is -2.07. The third kappa shape index (κ3) is 2.88. The largest absolute Gasteiger partial charge is 0.371 e. The lowest BCUT2D eigenvalue weighted by atomic mass is 10.1. The standard InChI is InChI=1S/C15H14F3N9/c1-20-13-12-11(7(16)6-27(12)24-15(19)22-13)8-2-3-9-14(21-8)26(25-23-9)5-4-10(17)18/h2-3,6,10H,4-5H2,1H3,(H3,19,20,22,24). The molecule has 0 aliphatic heterocycles. The molecule has 0 saturated carbocycles. The number of aromatic nitrogens is 7. The van der Waals surface area contributed by atoms with Crippen LogP contribution < -0.4 is 11.1 Å². The molecule has 4 aromatic heterocycles. The van der Waals surface area contributed by atoms with E-state index in [9.17, 15) is 13.2 Å². The van der Waals surface area contributed by atoms with E-state index in [2.05, 4.69) is 30.7 Å². The molecule has 0 amide bonds.